The third-order valence-electron chi connectivity index (χ3n) is 0.953. The summed E-state index contributed by atoms with van der Waals surface area (Å²) in [6.45, 7) is 3.97. The SMILES string of the molecule is CC(C)CC(C=NO)=NO. The second kappa shape index (κ2) is 4.78. The van der Waals surface area contributed by atoms with E-state index in [1.54, 1.807) is 0 Å². The van der Waals surface area contributed by atoms with Gasteiger partial charge in [0.15, 0.2) is 0 Å². The molecule has 10 heavy (non-hydrogen) atoms. The van der Waals surface area contributed by atoms with Crippen LogP contribution in [-0.2, 0) is 0 Å². The Kier molecular flexibility index (Phi) is 4.28. The third-order valence-corrected chi connectivity index (χ3v) is 0.953. The van der Waals surface area contributed by atoms with Crippen molar-refractivity contribution in [1.29, 1.82) is 0 Å². The highest BCUT2D eigenvalue weighted by Crippen LogP contribution is 1.99. The Balaban J connectivity index is 3.86. The second-order valence-corrected chi connectivity index (χ2v) is 2.43. The molecule has 4 nitrogen and oxygen atoms in total. The average molecular weight is 144 g/mol. The molecule has 0 aliphatic rings. The van der Waals surface area contributed by atoms with Gasteiger partial charge in [-0.2, -0.15) is 0 Å². The van der Waals surface area contributed by atoms with Crippen molar-refractivity contribution in [2.24, 2.45) is 16.2 Å². The lowest BCUT2D eigenvalue weighted by atomic mass is 10.1. The molecule has 0 atom stereocenters. The summed E-state index contributed by atoms with van der Waals surface area (Å²) < 4.78 is 0. The van der Waals surface area contributed by atoms with Crippen molar-refractivity contribution in [3.8, 4) is 0 Å². The molecule has 0 bridgehead atoms. The summed E-state index contributed by atoms with van der Waals surface area (Å²) in [6.07, 6.45) is 1.74. The summed E-state index contributed by atoms with van der Waals surface area (Å²) in [6, 6.07) is 0. The number of nitrogens with zero attached hydrogens (tertiary/aromatic N) is 2. The lowest BCUT2D eigenvalue weighted by molar-refractivity contribution is 0.314. The van der Waals surface area contributed by atoms with Gasteiger partial charge in [0, 0.05) is 0 Å². The van der Waals surface area contributed by atoms with Gasteiger partial charge < -0.3 is 10.4 Å². The predicted octanol–water partition coefficient (Wildman–Crippen LogP) is 1.32. The zero-order valence-electron chi connectivity index (χ0n) is 6.15. The van der Waals surface area contributed by atoms with Gasteiger partial charge in [-0.15, -0.1) is 0 Å². The van der Waals surface area contributed by atoms with Crippen molar-refractivity contribution >= 4 is 11.9 Å². The molecule has 0 saturated heterocycles. The van der Waals surface area contributed by atoms with Crippen molar-refractivity contribution in [1.82, 2.24) is 0 Å². The largest absolute Gasteiger partial charge is 0.411 e. The van der Waals surface area contributed by atoms with Crippen LogP contribution in [0.25, 0.3) is 0 Å². The Morgan fingerprint density at radius 3 is 2.40 bits per heavy atom. The maximum Gasteiger partial charge on any atom is 0.101 e. The number of oxime groups is 2. The van der Waals surface area contributed by atoms with Gasteiger partial charge in [-0.3, -0.25) is 0 Å². The highest BCUT2D eigenvalue weighted by atomic mass is 16.4. The van der Waals surface area contributed by atoms with E-state index in [9.17, 15) is 0 Å². The van der Waals surface area contributed by atoms with E-state index in [0.29, 0.717) is 18.1 Å². The summed E-state index contributed by atoms with van der Waals surface area (Å²) in [4.78, 5) is 0. The molecule has 0 spiro atoms. The fraction of sp³-hybridized carbons (Fsp3) is 0.667. The normalized spacial score (nSPS) is 13.3. The molecular weight excluding hydrogens is 132 g/mol. The maximum atomic E-state index is 8.29. The number of hydrogen-bond acceptors (Lipinski definition) is 4. The van der Waals surface area contributed by atoms with E-state index >= 15 is 0 Å². The molecule has 0 rings (SSSR count). The summed E-state index contributed by atoms with van der Waals surface area (Å²) in [5, 5.41) is 22.0. The Bertz CT molecular complexity index is 141. The van der Waals surface area contributed by atoms with E-state index in [-0.39, 0.29) is 0 Å². The molecule has 58 valence electrons. The minimum Gasteiger partial charge on any atom is -0.411 e. The van der Waals surface area contributed by atoms with Crippen LogP contribution in [0.5, 0.6) is 0 Å². The molecule has 0 aliphatic carbocycles. The van der Waals surface area contributed by atoms with Crippen LogP contribution in [-0.4, -0.2) is 22.3 Å². The summed E-state index contributed by atoms with van der Waals surface area (Å²) in [7, 11) is 0. The van der Waals surface area contributed by atoms with Gasteiger partial charge in [-0.1, -0.05) is 24.2 Å². The van der Waals surface area contributed by atoms with Gasteiger partial charge in [0.05, 0.1) is 6.21 Å². The fourth-order valence-corrected chi connectivity index (χ4v) is 0.604. The van der Waals surface area contributed by atoms with Crippen molar-refractivity contribution in [3.05, 3.63) is 0 Å². The quantitative estimate of drug-likeness (QED) is 0.356. The van der Waals surface area contributed by atoms with E-state index < -0.39 is 0 Å². The molecule has 0 amide bonds. The Morgan fingerprint density at radius 1 is 1.50 bits per heavy atom. The molecule has 0 fully saturated rings. The molecule has 0 aromatic carbocycles. The van der Waals surface area contributed by atoms with Gasteiger partial charge in [0.25, 0.3) is 0 Å². The van der Waals surface area contributed by atoms with Crippen LogP contribution >= 0.6 is 0 Å². The van der Waals surface area contributed by atoms with E-state index in [1.165, 1.54) is 0 Å². The first-order valence-corrected chi connectivity index (χ1v) is 3.09. The first kappa shape index (κ1) is 8.94. The van der Waals surface area contributed by atoms with Crippen LogP contribution in [0.2, 0.25) is 0 Å². The highest BCUT2D eigenvalue weighted by molar-refractivity contribution is 6.30. The first-order valence-electron chi connectivity index (χ1n) is 3.09. The summed E-state index contributed by atoms with van der Waals surface area (Å²) in [5.74, 6) is 0.392. The Morgan fingerprint density at radius 2 is 2.10 bits per heavy atom. The molecule has 0 aromatic rings. The van der Waals surface area contributed by atoms with Crippen LogP contribution in [0.4, 0.5) is 0 Å². The number of hydrogen-bond donors (Lipinski definition) is 2. The van der Waals surface area contributed by atoms with Crippen LogP contribution < -0.4 is 0 Å². The van der Waals surface area contributed by atoms with E-state index in [4.69, 9.17) is 10.4 Å². The van der Waals surface area contributed by atoms with E-state index in [2.05, 4.69) is 10.3 Å². The van der Waals surface area contributed by atoms with Crippen LogP contribution in [0.3, 0.4) is 0 Å². The van der Waals surface area contributed by atoms with Crippen LogP contribution in [0.15, 0.2) is 10.3 Å². The molecule has 0 radical (unpaired) electrons. The monoisotopic (exact) mass is 144 g/mol. The lowest BCUT2D eigenvalue weighted by Gasteiger charge is -1.99. The standard InChI is InChI=1S/C6H12N2O2/c1-5(2)3-6(8-10)4-7-9/h4-5,9-10H,3H2,1-2H3. The minimum atomic E-state index is 0.387. The third kappa shape index (κ3) is 3.88. The lowest BCUT2D eigenvalue weighted by Crippen LogP contribution is -2.04. The first-order chi connectivity index (χ1) is 4.70. The van der Waals surface area contributed by atoms with Gasteiger partial charge in [-0.25, -0.2) is 0 Å². The second-order valence-electron chi connectivity index (χ2n) is 2.43. The molecule has 0 unspecified atom stereocenters. The molecule has 2 N–H and O–H groups in total. The molecular formula is C6H12N2O2. The van der Waals surface area contributed by atoms with Crippen molar-refractivity contribution in [2.75, 3.05) is 0 Å². The average Bonchev–Trinajstić information content (AvgIpc) is 1.86. The van der Waals surface area contributed by atoms with Gasteiger partial charge >= 0.3 is 0 Å². The van der Waals surface area contributed by atoms with Gasteiger partial charge in [0.2, 0.25) is 0 Å². The smallest absolute Gasteiger partial charge is 0.101 e. The molecule has 0 heterocycles. The highest BCUT2D eigenvalue weighted by Gasteiger charge is 1.99. The van der Waals surface area contributed by atoms with E-state index in [0.717, 1.165) is 6.21 Å². The van der Waals surface area contributed by atoms with Crippen LogP contribution in [0, 0.1) is 5.92 Å². The van der Waals surface area contributed by atoms with Gasteiger partial charge in [-0.05, 0) is 12.3 Å². The molecule has 0 saturated carbocycles. The van der Waals surface area contributed by atoms with Crippen molar-refractivity contribution in [3.63, 3.8) is 0 Å². The Hall–Kier alpha value is -1.06. The van der Waals surface area contributed by atoms with Crippen molar-refractivity contribution in [2.45, 2.75) is 20.3 Å². The van der Waals surface area contributed by atoms with Crippen LogP contribution in [0.1, 0.15) is 20.3 Å². The van der Waals surface area contributed by atoms with Gasteiger partial charge in [0.1, 0.15) is 5.71 Å². The fourth-order valence-electron chi connectivity index (χ4n) is 0.604. The van der Waals surface area contributed by atoms with Crippen molar-refractivity contribution < 1.29 is 10.4 Å². The maximum absolute atomic E-state index is 8.29. The molecule has 4 heteroatoms. The Labute approximate surface area is 59.9 Å². The predicted molar refractivity (Wildman–Crippen MR) is 39.0 cm³/mol. The summed E-state index contributed by atoms with van der Waals surface area (Å²) in [5.41, 5.74) is 0.387. The zero-order chi connectivity index (χ0) is 7.98. The molecule has 0 aliphatic heterocycles. The minimum absolute atomic E-state index is 0.387. The summed E-state index contributed by atoms with van der Waals surface area (Å²) >= 11 is 0. The van der Waals surface area contributed by atoms with E-state index in [1.807, 2.05) is 13.8 Å². The topological polar surface area (TPSA) is 65.2 Å². The zero-order valence-corrected chi connectivity index (χ0v) is 6.15. The number of rotatable bonds is 3. The molecule has 0 aromatic heterocycles.